The largest absolute Gasteiger partial charge is 0.293 e. The van der Waals surface area contributed by atoms with E-state index in [0.29, 0.717) is 10.4 Å². The monoisotopic (exact) mass is 332 g/mol. The predicted octanol–water partition coefficient (Wildman–Crippen LogP) is 4.73. The number of Topliss-reactive ketones (excluding diaryl/α,β-unsaturated/α-hetero) is 1. The van der Waals surface area contributed by atoms with Gasteiger partial charge in [0.1, 0.15) is 5.82 Å². The van der Waals surface area contributed by atoms with E-state index in [4.69, 9.17) is 11.6 Å². The Balaban J connectivity index is 2.21. The van der Waals surface area contributed by atoms with E-state index in [9.17, 15) is 9.18 Å². The van der Waals surface area contributed by atoms with Crippen LogP contribution < -0.4 is 0 Å². The summed E-state index contributed by atoms with van der Waals surface area (Å²) in [4.78, 5) is 12.5. The summed E-state index contributed by atoms with van der Waals surface area (Å²) < 4.78 is 14.1. The fraction of sp³-hybridized carbons (Fsp3) is 0.0833. The second-order valence-electron chi connectivity index (χ2n) is 3.44. The minimum Gasteiger partial charge on any atom is -0.293 e. The van der Waals surface area contributed by atoms with Crippen LogP contribution in [0.2, 0.25) is 5.02 Å². The van der Waals surface area contributed by atoms with Gasteiger partial charge in [0, 0.05) is 16.3 Å². The molecule has 5 heteroatoms. The number of benzene rings is 1. The van der Waals surface area contributed by atoms with Gasteiger partial charge in [-0.3, -0.25) is 4.79 Å². The molecule has 0 aliphatic carbocycles. The average molecular weight is 334 g/mol. The highest BCUT2D eigenvalue weighted by Crippen LogP contribution is 2.24. The number of carbonyl (C=O) groups excluding carboxylic acids is 1. The van der Waals surface area contributed by atoms with E-state index in [1.165, 1.54) is 17.4 Å². The average Bonchev–Trinajstić information content (AvgIpc) is 2.72. The number of carbonyl (C=O) groups is 1. The maximum atomic E-state index is 13.2. The fourth-order valence-corrected chi connectivity index (χ4v) is 2.96. The van der Waals surface area contributed by atoms with Crippen molar-refractivity contribution in [1.82, 2.24) is 0 Å². The second kappa shape index (κ2) is 5.29. The SMILES string of the molecule is O=C(Cc1cccc(F)c1Cl)c1cc(Br)cs1. The molecule has 0 saturated heterocycles. The van der Waals surface area contributed by atoms with Gasteiger partial charge in [-0.2, -0.15) is 0 Å². The van der Waals surface area contributed by atoms with Gasteiger partial charge >= 0.3 is 0 Å². The summed E-state index contributed by atoms with van der Waals surface area (Å²) >= 11 is 10.4. The van der Waals surface area contributed by atoms with Crippen molar-refractivity contribution in [3.8, 4) is 0 Å². The van der Waals surface area contributed by atoms with E-state index in [2.05, 4.69) is 15.9 Å². The fourth-order valence-electron chi connectivity index (χ4n) is 1.40. The Morgan fingerprint density at radius 2 is 2.24 bits per heavy atom. The first-order valence-electron chi connectivity index (χ1n) is 4.78. The number of ketones is 1. The van der Waals surface area contributed by atoms with Gasteiger partial charge in [-0.1, -0.05) is 23.7 Å². The van der Waals surface area contributed by atoms with E-state index in [1.807, 2.05) is 5.38 Å². The number of thiophene rings is 1. The molecule has 0 amide bonds. The van der Waals surface area contributed by atoms with Crippen molar-refractivity contribution in [2.45, 2.75) is 6.42 Å². The zero-order valence-corrected chi connectivity index (χ0v) is 11.7. The molecule has 0 N–H and O–H groups in total. The van der Waals surface area contributed by atoms with Crippen LogP contribution >= 0.6 is 38.9 Å². The molecular weight excluding hydrogens is 327 g/mol. The van der Waals surface area contributed by atoms with Crippen LogP contribution in [0.25, 0.3) is 0 Å². The Bertz CT molecular complexity index is 567. The Kier molecular flexibility index (Phi) is 3.97. The number of rotatable bonds is 3. The normalized spacial score (nSPS) is 10.5. The summed E-state index contributed by atoms with van der Waals surface area (Å²) in [5, 5.41) is 1.86. The first-order chi connectivity index (χ1) is 8.08. The van der Waals surface area contributed by atoms with Crippen molar-refractivity contribution in [3.05, 3.63) is 55.4 Å². The van der Waals surface area contributed by atoms with Gasteiger partial charge in [0.2, 0.25) is 0 Å². The maximum absolute atomic E-state index is 13.2. The topological polar surface area (TPSA) is 17.1 Å². The van der Waals surface area contributed by atoms with Gasteiger partial charge in [-0.15, -0.1) is 11.3 Å². The van der Waals surface area contributed by atoms with Crippen molar-refractivity contribution in [2.24, 2.45) is 0 Å². The lowest BCUT2D eigenvalue weighted by Gasteiger charge is -2.03. The molecule has 0 unspecified atom stereocenters. The zero-order valence-electron chi connectivity index (χ0n) is 8.54. The molecule has 1 aromatic heterocycles. The molecule has 0 atom stereocenters. The quantitative estimate of drug-likeness (QED) is 0.742. The smallest absolute Gasteiger partial charge is 0.177 e. The van der Waals surface area contributed by atoms with Crippen molar-refractivity contribution in [3.63, 3.8) is 0 Å². The Morgan fingerprint density at radius 1 is 1.47 bits per heavy atom. The lowest BCUT2D eigenvalue weighted by molar-refractivity contribution is 0.0997. The molecule has 17 heavy (non-hydrogen) atoms. The molecule has 1 nitrogen and oxygen atoms in total. The van der Waals surface area contributed by atoms with E-state index >= 15 is 0 Å². The van der Waals surface area contributed by atoms with E-state index in [0.717, 1.165) is 4.47 Å². The highest BCUT2D eigenvalue weighted by atomic mass is 79.9. The first kappa shape index (κ1) is 12.7. The van der Waals surface area contributed by atoms with Crippen LogP contribution in [0.3, 0.4) is 0 Å². The first-order valence-corrected chi connectivity index (χ1v) is 6.83. The van der Waals surface area contributed by atoms with E-state index in [-0.39, 0.29) is 17.2 Å². The van der Waals surface area contributed by atoms with Gasteiger partial charge in [-0.05, 0) is 33.6 Å². The van der Waals surface area contributed by atoms with Crippen LogP contribution in [-0.2, 0) is 6.42 Å². The molecule has 0 bridgehead atoms. The zero-order chi connectivity index (χ0) is 12.4. The van der Waals surface area contributed by atoms with Gasteiger partial charge < -0.3 is 0 Å². The summed E-state index contributed by atoms with van der Waals surface area (Å²) in [5.74, 6) is -0.558. The molecule has 1 heterocycles. The second-order valence-corrected chi connectivity index (χ2v) is 5.65. The summed E-state index contributed by atoms with van der Waals surface area (Å²) in [6.45, 7) is 0. The lowest BCUT2D eigenvalue weighted by atomic mass is 10.1. The molecule has 88 valence electrons. The molecular formula is C12H7BrClFOS. The number of hydrogen-bond donors (Lipinski definition) is 0. The summed E-state index contributed by atoms with van der Waals surface area (Å²) in [5.41, 5.74) is 0.515. The van der Waals surface area contributed by atoms with Crippen molar-refractivity contribution in [1.29, 1.82) is 0 Å². The van der Waals surface area contributed by atoms with Crippen molar-refractivity contribution >= 4 is 44.7 Å². The third-order valence-corrected chi connectivity index (χ3v) is 4.38. The van der Waals surface area contributed by atoms with Crippen LogP contribution in [0.15, 0.2) is 34.1 Å². The molecule has 2 rings (SSSR count). The minimum atomic E-state index is -0.496. The van der Waals surface area contributed by atoms with Crippen molar-refractivity contribution in [2.75, 3.05) is 0 Å². The number of hydrogen-bond acceptors (Lipinski definition) is 2. The third kappa shape index (κ3) is 2.94. The standard InChI is InChI=1S/C12H7BrClFOS/c13-8-5-11(17-6-8)10(16)4-7-2-1-3-9(15)12(7)14/h1-3,5-6H,4H2. The molecule has 1 aromatic carbocycles. The third-order valence-electron chi connectivity index (χ3n) is 2.22. The minimum absolute atomic E-state index is 0.0245. The van der Waals surface area contributed by atoms with Gasteiger partial charge in [0.25, 0.3) is 0 Å². The van der Waals surface area contributed by atoms with Crippen LogP contribution in [0.5, 0.6) is 0 Å². The van der Waals surface area contributed by atoms with Crippen LogP contribution in [-0.4, -0.2) is 5.78 Å². The van der Waals surface area contributed by atoms with E-state index in [1.54, 1.807) is 18.2 Å². The highest BCUT2D eigenvalue weighted by molar-refractivity contribution is 9.10. The molecule has 2 aromatic rings. The maximum Gasteiger partial charge on any atom is 0.177 e. The van der Waals surface area contributed by atoms with Crippen LogP contribution in [0.1, 0.15) is 15.2 Å². The molecule has 0 aliphatic rings. The van der Waals surface area contributed by atoms with Gasteiger partial charge in [-0.25, -0.2) is 4.39 Å². The Morgan fingerprint density at radius 3 is 2.88 bits per heavy atom. The molecule has 0 radical (unpaired) electrons. The summed E-state index contributed by atoms with van der Waals surface area (Å²) in [7, 11) is 0. The predicted molar refractivity (Wildman–Crippen MR) is 71.5 cm³/mol. The lowest BCUT2D eigenvalue weighted by Crippen LogP contribution is -2.02. The molecule has 0 fully saturated rings. The summed E-state index contributed by atoms with van der Waals surface area (Å²) in [6, 6.07) is 6.23. The molecule has 0 saturated carbocycles. The van der Waals surface area contributed by atoms with Crippen LogP contribution in [0.4, 0.5) is 4.39 Å². The van der Waals surface area contributed by atoms with Gasteiger partial charge in [0.15, 0.2) is 5.78 Å². The Hall–Kier alpha value is -0.710. The highest BCUT2D eigenvalue weighted by Gasteiger charge is 2.13. The number of halogens is 3. The van der Waals surface area contributed by atoms with Gasteiger partial charge in [0.05, 0.1) is 9.90 Å². The van der Waals surface area contributed by atoms with Crippen LogP contribution in [0, 0.1) is 5.82 Å². The molecule has 0 spiro atoms. The van der Waals surface area contributed by atoms with E-state index < -0.39 is 5.82 Å². The summed E-state index contributed by atoms with van der Waals surface area (Å²) in [6.07, 6.45) is 0.115. The van der Waals surface area contributed by atoms with Crippen molar-refractivity contribution < 1.29 is 9.18 Å². The molecule has 0 aliphatic heterocycles. The Labute approximate surface area is 115 Å².